The maximum absolute atomic E-state index is 12.7. The highest BCUT2D eigenvalue weighted by Gasteiger charge is 2.31. The molecule has 28 heavy (non-hydrogen) atoms. The minimum absolute atomic E-state index is 0.208. The molecule has 0 fully saturated rings. The first-order valence-electron chi connectivity index (χ1n) is 9.03. The minimum Gasteiger partial charge on any atom is -0.406 e. The Morgan fingerprint density at radius 2 is 1.86 bits per heavy atom. The van der Waals surface area contributed by atoms with Crippen LogP contribution >= 0.6 is 11.3 Å². The number of alkyl halides is 3. The van der Waals surface area contributed by atoms with E-state index in [1.54, 1.807) is 17.4 Å². The molecular weight excluding hydrogens is 385 g/mol. The van der Waals surface area contributed by atoms with Crippen molar-refractivity contribution in [2.24, 2.45) is 5.73 Å². The van der Waals surface area contributed by atoms with Gasteiger partial charge in [0.15, 0.2) is 0 Å². The number of hydrogen-bond donors (Lipinski definition) is 2. The van der Waals surface area contributed by atoms with Gasteiger partial charge in [0, 0.05) is 31.9 Å². The average Bonchev–Trinajstić information content (AvgIpc) is 3.22. The zero-order chi connectivity index (χ0) is 19.7. The molecule has 0 saturated carbocycles. The molecule has 0 amide bonds. The van der Waals surface area contributed by atoms with E-state index in [4.69, 9.17) is 5.73 Å². The van der Waals surface area contributed by atoms with Crippen molar-refractivity contribution >= 4 is 32.3 Å². The van der Waals surface area contributed by atoms with E-state index in [9.17, 15) is 13.2 Å². The fourth-order valence-electron chi connectivity index (χ4n) is 3.53. The Labute approximate surface area is 163 Å². The lowest BCUT2D eigenvalue weighted by Gasteiger charge is -2.09. The lowest BCUT2D eigenvalue weighted by atomic mass is 10.00. The van der Waals surface area contributed by atoms with Crippen molar-refractivity contribution in [1.82, 2.24) is 4.98 Å². The number of nitrogens with one attached hydrogen (secondary N) is 1. The number of nitrogens with two attached hydrogens (primary N) is 1. The smallest absolute Gasteiger partial charge is 0.406 e. The van der Waals surface area contributed by atoms with Crippen LogP contribution < -0.4 is 10.5 Å². The standard InChI is InChI=1S/C21H19F3N2OS/c22-21(23,24)27-13-8-9-18-16(11-13)15(6-3-4-10-25)20(26-18)17-12-28-19-7-2-1-5-14(17)19/h1-2,5,7-9,11-12,26H,3-4,6,10,25H2. The lowest BCUT2D eigenvalue weighted by Crippen LogP contribution is -2.16. The highest BCUT2D eigenvalue weighted by atomic mass is 32.1. The zero-order valence-corrected chi connectivity index (χ0v) is 15.8. The SMILES string of the molecule is NCCCCc1c(-c2csc3ccccc23)[nH]c2ccc(OC(F)(F)F)cc12. The summed E-state index contributed by atoms with van der Waals surface area (Å²) in [6, 6.07) is 12.6. The second kappa shape index (κ2) is 7.48. The number of rotatable bonds is 6. The monoisotopic (exact) mass is 404 g/mol. The molecule has 2 aromatic carbocycles. The van der Waals surface area contributed by atoms with Gasteiger partial charge < -0.3 is 15.5 Å². The summed E-state index contributed by atoms with van der Waals surface area (Å²) >= 11 is 1.65. The van der Waals surface area contributed by atoms with E-state index in [-0.39, 0.29) is 5.75 Å². The number of aromatic amines is 1. The van der Waals surface area contributed by atoms with E-state index in [0.29, 0.717) is 6.54 Å². The third-order valence-corrected chi connectivity index (χ3v) is 5.71. The van der Waals surface area contributed by atoms with Crippen molar-refractivity contribution < 1.29 is 17.9 Å². The summed E-state index contributed by atoms with van der Waals surface area (Å²) in [5, 5.41) is 3.98. The predicted octanol–water partition coefficient (Wildman–Crippen LogP) is 6.23. The fraction of sp³-hybridized carbons (Fsp3) is 0.238. The summed E-state index contributed by atoms with van der Waals surface area (Å²) in [6.07, 6.45) is -2.26. The molecule has 4 aromatic rings. The second-order valence-corrected chi connectivity index (χ2v) is 7.54. The van der Waals surface area contributed by atoms with E-state index < -0.39 is 6.36 Å². The Hall–Kier alpha value is -2.51. The molecule has 0 saturated heterocycles. The molecule has 4 rings (SSSR count). The van der Waals surface area contributed by atoms with Crippen LogP contribution in [0.1, 0.15) is 18.4 Å². The third-order valence-electron chi connectivity index (χ3n) is 4.74. The van der Waals surface area contributed by atoms with Crippen LogP contribution in [0.15, 0.2) is 47.8 Å². The van der Waals surface area contributed by atoms with Gasteiger partial charge >= 0.3 is 6.36 Å². The zero-order valence-electron chi connectivity index (χ0n) is 15.0. The number of hydrogen-bond acceptors (Lipinski definition) is 3. The largest absolute Gasteiger partial charge is 0.573 e. The number of thiophene rings is 1. The topological polar surface area (TPSA) is 51.0 Å². The Balaban J connectivity index is 1.86. The number of halogens is 3. The molecular formula is C21H19F3N2OS. The van der Waals surface area contributed by atoms with E-state index in [0.717, 1.165) is 52.4 Å². The third kappa shape index (κ3) is 3.72. The molecule has 0 aliphatic rings. The summed E-state index contributed by atoms with van der Waals surface area (Å²) in [6.45, 7) is 0.585. The number of benzene rings is 2. The van der Waals surface area contributed by atoms with Crippen LogP contribution in [0.25, 0.3) is 32.2 Å². The highest BCUT2D eigenvalue weighted by molar-refractivity contribution is 7.17. The molecule has 0 aliphatic heterocycles. The first-order chi connectivity index (χ1) is 13.5. The number of aromatic nitrogens is 1. The Kier molecular flexibility index (Phi) is 5.03. The van der Waals surface area contributed by atoms with Crippen molar-refractivity contribution in [2.75, 3.05) is 6.54 Å². The number of ether oxygens (including phenoxy) is 1. The first kappa shape index (κ1) is 18.8. The van der Waals surface area contributed by atoms with E-state index in [1.807, 2.05) is 12.1 Å². The van der Waals surface area contributed by atoms with Gasteiger partial charge in [0.1, 0.15) is 5.75 Å². The molecule has 3 nitrogen and oxygen atoms in total. The lowest BCUT2D eigenvalue weighted by molar-refractivity contribution is -0.274. The molecule has 0 radical (unpaired) electrons. The quantitative estimate of drug-likeness (QED) is 0.374. The molecule has 2 aromatic heterocycles. The molecule has 0 aliphatic carbocycles. The van der Waals surface area contributed by atoms with Crippen molar-refractivity contribution in [2.45, 2.75) is 25.6 Å². The van der Waals surface area contributed by atoms with Crippen LogP contribution in [0.5, 0.6) is 5.75 Å². The van der Waals surface area contributed by atoms with Gasteiger partial charge in [0.05, 0.1) is 5.69 Å². The van der Waals surface area contributed by atoms with Gasteiger partial charge in [-0.3, -0.25) is 0 Å². The summed E-state index contributed by atoms with van der Waals surface area (Å²) in [4.78, 5) is 3.41. The second-order valence-electron chi connectivity index (χ2n) is 6.63. The van der Waals surface area contributed by atoms with Gasteiger partial charge in [-0.15, -0.1) is 24.5 Å². The molecule has 7 heteroatoms. The Morgan fingerprint density at radius 1 is 1.04 bits per heavy atom. The number of aryl methyl sites for hydroxylation is 1. The summed E-state index contributed by atoms with van der Waals surface area (Å²) in [5.74, 6) is -0.208. The van der Waals surface area contributed by atoms with Crippen molar-refractivity contribution in [3.8, 4) is 17.0 Å². The molecule has 3 N–H and O–H groups in total. The van der Waals surface area contributed by atoms with Crippen LogP contribution in [-0.4, -0.2) is 17.9 Å². The van der Waals surface area contributed by atoms with Gasteiger partial charge in [0.25, 0.3) is 0 Å². The van der Waals surface area contributed by atoms with E-state index in [1.165, 1.54) is 16.8 Å². The Bertz CT molecular complexity index is 1110. The normalized spacial score (nSPS) is 12.1. The van der Waals surface area contributed by atoms with Crippen molar-refractivity contribution in [3.63, 3.8) is 0 Å². The predicted molar refractivity (Wildman–Crippen MR) is 108 cm³/mol. The van der Waals surface area contributed by atoms with Crippen LogP contribution in [0.4, 0.5) is 13.2 Å². The summed E-state index contributed by atoms with van der Waals surface area (Å²) < 4.78 is 43.3. The molecule has 2 heterocycles. The molecule has 146 valence electrons. The van der Waals surface area contributed by atoms with Gasteiger partial charge in [0.2, 0.25) is 0 Å². The summed E-state index contributed by atoms with van der Waals surface area (Å²) in [7, 11) is 0. The molecule has 0 spiro atoms. The van der Waals surface area contributed by atoms with Gasteiger partial charge in [-0.05, 0) is 55.6 Å². The van der Waals surface area contributed by atoms with Gasteiger partial charge in [-0.25, -0.2) is 0 Å². The van der Waals surface area contributed by atoms with Crippen molar-refractivity contribution in [3.05, 3.63) is 53.4 Å². The number of fused-ring (bicyclic) bond motifs is 2. The van der Waals surface area contributed by atoms with Gasteiger partial charge in [-0.1, -0.05) is 18.2 Å². The number of H-pyrrole nitrogens is 1. The van der Waals surface area contributed by atoms with E-state index in [2.05, 4.69) is 27.2 Å². The van der Waals surface area contributed by atoms with Crippen LogP contribution in [0.2, 0.25) is 0 Å². The van der Waals surface area contributed by atoms with Crippen molar-refractivity contribution in [1.29, 1.82) is 0 Å². The first-order valence-corrected chi connectivity index (χ1v) is 9.91. The minimum atomic E-state index is -4.71. The van der Waals surface area contributed by atoms with E-state index >= 15 is 0 Å². The highest BCUT2D eigenvalue weighted by Crippen LogP contribution is 2.39. The Morgan fingerprint density at radius 3 is 2.64 bits per heavy atom. The molecule has 0 atom stereocenters. The fourth-order valence-corrected chi connectivity index (χ4v) is 4.48. The van der Waals surface area contributed by atoms with Gasteiger partial charge in [-0.2, -0.15) is 0 Å². The maximum Gasteiger partial charge on any atom is 0.573 e. The van der Waals surface area contributed by atoms with Crippen LogP contribution in [-0.2, 0) is 6.42 Å². The molecule has 0 bridgehead atoms. The number of unbranched alkanes of at least 4 members (excludes halogenated alkanes) is 1. The average molecular weight is 404 g/mol. The maximum atomic E-state index is 12.7. The summed E-state index contributed by atoms with van der Waals surface area (Å²) in [5.41, 5.74) is 9.44. The van der Waals surface area contributed by atoms with Crippen LogP contribution in [0, 0.1) is 0 Å². The molecule has 0 unspecified atom stereocenters. The van der Waals surface area contributed by atoms with Crippen LogP contribution in [0.3, 0.4) is 0 Å².